The lowest BCUT2D eigenvalue weighted by atomic mass is 9.88. The fourth-order valence-corrected chi connectivity index (χ4v) is 4.11. The molecule has 20 heavy (non-hydrogen) atoms. The van der Waals surface area contributed by atoms with Crippen LogP contribution in [0.1, 0.15) is 35.6 Å². The van der Waals surface area contributed by atoms with Crippen LogP contribution in [0.2, 0.25) is 0 Å². The van der Waals surface area contributed by atoms with Gasteiger partial charge in [-0.15, -0.1) is 23.7 Å². The fourth-order valence-electron chi connectivity index (χ4n) is 3.09. The van der Waals surface area contributed by atoms with E-state index in [-0.39, 0.29) is 18.3 Å². The molecule has 2 fully saturated rings. The Labute approximate surface area is 131 Å². The van der Waals surface area contributed by atoms with E-state index in [2.05, 4.69) is 36.2 Å². The average Bonchev–Trinajstić information content (AvgIpc) is 2.93. The molecule has 0 spiro atoms. The number of likely N-dealkylation sites (tertiary alicyclic amines) is 1. The second-order valence-electron chi connectivity index (χ2n) is 5.85. The topological polar surface area (TPSA) is 32.3 Å². The first-order valence-corrected chi connectivity index (χ1v) is 8.06. The van der Waals surface area contributed by atoms with Crippen LogP contribution in [0.3, 0.4) is 0 Å². The van der Waals surface area contributed by atoms with Crippen LogP contribution in [0.15, 0.2) is 12.1 Å². The average molecular weight is 315 g/mol. The Hall–Kier alpha value is -0.580. The molecular weight excluding hydrogens is 292 g/mol. The molecule has 2 aliphatic rings. The van der Waals surface area contributed by atoms with Gasteiger partial charge < -0.3 is 10.2 Å². The maximum atomic E-state index is 12.7. The number of aryl methyl sites for hydroxylation is 1. The van der Waals surface area contributed by atoms with Gasteiger partial charge in [0.2, 0.25) is 5.91 Å². The third-order valence-electron chi connectivity index (χ3n) is 4.54. The standard InChI is InChI=1S/C15H22N2OS.ClH/c1-10-5-6-14(19-10)13-4-3-7-17(13)15(18)11(2)12-8-16-9-12;/h5-6,11-13,16H,3-4,7-9H2,1-2H3;1H. The summed E-state index contributed by atoms with van der Waals surface area (Å²) in [5.41, 5.74) is 0. The summed E-state index contributed by atoms with van der Waals surface area (Å²) in [5.74, 6) is 1.07. The van der Waals surface area contributed by atoms with Gasteiger partial charge >= 0.3 is 0 Å². The molecule has 0 aliphatic carbocycles. The molecule has 3 heterocycles. The van der Waals surface area contributed by atoms with Crippen LogP contribution in [-0.2, 0) is 4.79 Å². The molecule has 2 aliphatic heterocycles. The number of thiophene rings is 1. The number of carbonyl (C=O) groups excluding carboxylic acids is 1. The quantitative estimate of drug-likeness (QED) is 0.930. The number of amides is 1. The minimum absolute atomic E-state index is 0. The van der Waals surface area contributed by atoms with E-state index in [1.165, 1.54) is 9.75 Å². The van der Waals surface area contributed by atoms with Gasteiger partial charge in [0.05, 0.1) is 6.04 Å². The highest BCUT2D eigenvalue weighted by Crippen LogP contribution is 2.37. The third-order valence-corrected chi connectivity index (χ3v) is 5.64. The normalized spacial score (nSPS) is 24.1. The van der Waals surface area contributed by atoms with Crippen molar-refractivity contribution in [2.75, 3.05) is 19.6 Å². The van der Waals surface area contributed by atoms with E-state index in [1.54, 1.807) is 0 Å². The lowest BCUT2D eigenvalue weighted by molar-refractivity contribution is -0.138. The van der Waals surface area contributed by atoms with E-state index in [9.17, 15) is 4.79 Å². The molecular formula is C15H23ClN2OS. The second-order valence-corrected chi connectivity index (χ2v) is 7.16. The Morgan fingerprint density at radius 3 is 2.75 bits per heavy atom. The molecule has 1 N–H and O–H groups in total. The molecule has 112 valence electrons. The van der Waals surface area contributed by atoms with Crippen LogP contribution >= 0.6 is 23.7 Å². The zero-order valence-electron chi connectivity index (χ0n) is 12.1. The van der Waals surface area contributed by atoms with Crippen molar-refractivity contribution in [3.8, 4) is 0 Å². The highest BCUT2D eigenvalue weighted by atomic mass is 35.5. The van der Waals surface area contributed by atoms with Gasteiger partial charge in [0, 0.05) is 22.2 Å². The van der Waals surface area contributed by atoms with Gasteiger partial charge in [-0.3, -0.25) is 4.79 Å². The number of hydrogen-bond donors (Lipinski definition) is 1. The van der Waals surface area contributed by atoms with Crippen molar-refractivity contribution in [2.45, 2.75) is 32.7 Å². The van der Waals surface area contributed by atoms with E-state index in [1.807, 2.05) is 11.3 Å². The van der Waals surface area contributed by atoms with Gasteiger partial charge in [-0.25, -0.2) is 0 Å². The second kappa shape index (κ2) is 6.46. The monoisotopic (exact) mass is 314 g/mol. The molecule has 0 aromatic carbocycles. The van der Waals surface area contributed by atoms with Crippen LogP contribution in [0.25, 0.3) is 0 Å². The van der Waals surface area contributed by atoms with Gasteiger partial charge in [-0.05, 0) is 50.9 Å². The first-order valence-electron chi connectivity index (χ1n) is 7.24. The molecule has 3 rings (SSSR count). The van der Waals surface area contributed by atoms with Crippen LogP contribution < -0.4 is 5.32 Å². The van der Waals surface area contributed by atoms with Crippen LogP contribution in [0.5, 0.6) is 0 Å². The highest BCUT2D eigenvalue weighted by Gasteiger charge is 2.37. The van der Waals surface area contributed by atoms with Gasteiger partial charge in [0.1, 0.15) is 0 Å². The SMILES string of the molecule is Cc1ccc(C2CCCN2C(=O)C(C)C2CNC2)s1.Cl. The summed E-state index contributed by atoms with van der Waals surface area (Å²) in [7, 11) is 0. The summed E-state index contributed by atoms with van der Waals surface area (Å²) < 4.78 is 0. The smallest absolute Gasteiger partial charge is 0.226 e. The summed E-state index contributed by atoms with van der Waals surface area (Å²) in [6.45, 7) is 7.18. The van der Waals surface area contributed by atoms with Crippen molar-refractivity contribution in [1.29, 1.82) is 0 Å². The van der Waals surface area contributed by atoms with Gasteiger partial charge in [-0.1, -0.05) is 6.92 Å². The molecule has 2 unspecified atom stereocenters. The summed E-state index contributed by atoms with van der Waals surface area (Å²) >= 11 is 1.84. The lowest BCUT2D eigenvalue weighted by Crippen LogP contribution is -2.50. The fraction of sp³-hybridized carbons (Fsp3) is 0.667. The summed E-state index contributed by atoms with van der Waals surface area (Å²) in [5, 5.41) is 3.27. The zero-order chi connectivity index (χ0) is 13.4. The first kappa shape index (κ1) is 15.8. The predicted molar refractivity (Wildman–Crippen MR) is 85.5 cm³/mol. The molecule has 3 nitrogen and oxygen atoms in total. The van der Waals surface area contributed by atoms with Gasteiger partial charge in [-0.2, -0.15) is 0 Å². The zero-order valence-corrected chi connectivity index (χ0v) is 13.7. The van der Waals surface area contributed by atoms with E-state index in [4.69, 9.17) is 0 Å². The number of carbonyl (C=O) groups is 1. The molecule has 1 aromatic rings. The summed E-state index contributed by atoms with van der Waals surface area (Å²) in [4.78, 5) is 17.5. The molecule has 2 atom stereocenters. The first-order chi connectivity index (χ1) is 9.16. The largest absolute Gasteiger partial charge is 0.335 e. The van der Waals surface area contributed by atoms with E-state index < -0.39 is 0 Å². The predicted octanol–water partition coefficient (Wildman–Crippen LogP) is 3.00. The summed E-state index contributed by atoms with van der Waals surface area (Å²) in [6, 6.07) is 4.70. The van der Waals surface area contributed by atoms with Crippen molar-refractivity contribution in [2.24, 2.45) is 11.8 Å². The number of rotatable bonds is 3. The van der Waals surface area contributed by atoms with E-state index in [0.29, 0.717) is 17.9 Å². The maximum absolute atomic E-state index is 12.7. The van der Waals surface area contributed by atoms with Crippen molar-refractivity contribution < 1.29 is 4.79 Å². The molecule has 0 saturated carbocycles. The number of hydrogen-bond acceptors (Lipinski definition) is 3. The molecule has 0 bridgehead atoms. The van der Waals surface area contributed by atoms with Crippen LogP contribution in [0.4, 0.5) is 0 Å². The number of nitrogens with one attached hydrogen (secondary N) is 1. The molecule has 2 saturated heterocycles. The third kappa shape index (κ3) is 2.87. The number of halogens is 1. The van der Waals surface area contributed by atoms with Crippen LogP contribution in [-0.4, -0.2) is 30.4 Å². The lowest BCUT2D eigenvalue weighted by Gasteiger charge is -2.35. The Kier molecular flexibility index (Phi) is 5.10. The van der Waals surface area contributed by atoms with Crippen molar-refractivity contribution in [3.63, 3.8) is 0 Å². The van der Waals surface area contributed by atoms with Crippen LogP contribution in [0, 0.1) is 18.8 Å². The molecule has 1 amide bonds. The maximum Gasteiger partial charge on any atom is 0.226 e. The van der Waals surface area contributed by atoms with E-state index in [0.717, 1.165) is 32.5 Å². The molecule has 5 heteroatoms. The minimum Gasteiger partial charge on any atom is -0.335 e. The van der Waals surface area contributed by atoms with Gasteiger partial charge in [0.25, 0.3) is 0 Å². The summed E-state index contributed by atoms with van der Waals surface area (Å²) in [6.07, 6.45) is 2.27. The Bertz CT molecular complexity index is 472. The van der Waals surface area contributed by atoms with Gasteiger partial charge in [0.15, 0.2) is 0 Å². The molecule has 0 radical (unpaired) electrons. The van der Waals surface area contributed by atoms with Crippen molar-refractivity contribution in [3.05, 3.63) is 21.9 Å². The Morgan fingerprint density at radius 1 is 1.45 bits per heavy atom. The highest BCUT2D eigenvalue weighted by molar-refractivity contribution is 7.12. The number of nitrogens with zero attached hydrogens (tertiary/aromatic N) is 1. The molecule has 1 aromatic heterocycles. The minimum atomic E-state index is 0. The van der Waals surface area contributed by atoms with E-state index >= 15 is 0 Å². The Balaban J connectivity index is 0.00000147. The van der Waals surface area contributed by atoms with Crippen molar-refractivity contribution in [1.82, 2.24) is 10.2 Å². The van der Waals surface area contributed by atoms with Crippen molar-refractivity contribution >= 4 is 29.7 Å². The Morgan fingerprint density at radius 2 is 2.20 bits per heavy atom.